The molecule has 0 aliphatic rings. The summed E-state index contributed by atoms with van der Waals surface area (Å²) in [5.74, 6) is -0.0903. The summed E-state index contributed by atoms with van der Waals surface area (Å²) in [6.07, 6.45) is 1.55. The number of ether oxygens (including phenoxy) is 1. The maximum Gasteiger partial charge on any atom is 0.349 e. The second-order valence-corrected chi connectivity index (χ2v) is 7.03. The third-order valence-electron chi connectivity index (χ3n) is 4.72. The molecular weight excluding hydrogens is 384 g/mol. The van der Waals surface area contributed by atoms with E-state index in [2.05, 4.69) is 10.6 Å². The Kier molecular flexibility index (Phi) is 6.20. The Labute approximate surface area is 174 Å². The molecule has 0 spiro atoms. The SMILES string of the molecule is CCCc1c(OC)ccc2cc(C(=O)Nc3ccc(NC(C)=O)cc3C)c(=O)oc12. The van der Waals surface area contributed by atoms with Crippen molar-refractivity contribution in [3.8, 4) is 5.75 Å². The number of hydrogen-bond acceptors (Lipinski definition) is 5. The lowest BCUT2D eigenvalue weighted by Crippen LogP contribution is -2.21. The van der Waals surface area contributed by atoms with Crippen LogP contribution in [0.3, 0.4) is 0 Å². The van der Waals surface area contributed by atoms with E-state index in [0.29, 0.717) is 34.5 Å². The molecule has 2 N–H and O–H groups in total. The number of hydrogen-bond donors (Lipinski definition) is 2. The van der Waals surface area contributed by atoms with Gasteiger partial charge in [0.15, 0.2) is 0 Å². The van der Waals surface area contributed by atoms with Crippen molar-refractivity contribution in [2.45, 2.75) is 33.6 Å². The van der Waals surface area contributed by atoms with Crippen LogP contribution in [0, 0.1) is 6.92 Å². The van der Waals surface area contributed by atoms with E-state index >= 15 is 0 Å². The van der Waals surface area contributed by atoms with Gasteiger partial charge in [0.1, 0.15) is 16.9 Å². The van der Waals surface area contributed by atoms with Crippen molar-refractivity contribution in [1.82, 2.24) is 0 Å². The Morgan fingerprint density at radius 3 is 2.50 bits per heavy atom. The van der Waals surface area contributed by atoms with E-state index in [1.54, 1.807) is 44.4 Å². The Morgan fingerprint density at radius 1 is 1.10 bits per heavy atom. The van der Waals surface area contributed by atoms with E-state index in [1.807, 2.05) is 6.92 Å². The molecule has 0 fully saturated rings. The van der Waals surface area contributed by atoms with E-state index in [4.69, 9.17) is 9.15 Å². The van der Waals surface area contributed by atoms with Gasteiger partial charge in [-0.15, -0.1) is 0 Å². The van der Waals surface area contributed by atoms with Crippen LogP contribution in [-0.2, 0) is 11.2 Å². The molecule has 156 valence electrons. The van der Waals surface area contributed by atoms with Gasteiger partial charge < -0.3 is 19.8 Å². The molecule has 0 atom stereocenters. The summed E-state index contributed by atoms with van der Waals surface area (Å²) in [6.45, 7) is 5.25. The van der Waals surface area contributed by atoms with Gasteiger partial charge in [0.2, 0.25) is 5.91 Å². The van der Waals surface area contributed by atoms with Crippen molar-refractivity contribution in [2.24, 2.45) is 0 Å². The highest BCUT2D eigenvalue weighted by atomic mass is 16.5. The van der Waals surface area contributed by atoms with Crippen molar-refractivity contribution in [2.75, 3.05) is 17.7 Å². The lowest BCUT2D eigenvalue weighted by molar-refractivity contribution is -0.114. The fourth-order valence-electron chi connectivity index (χ4n) is 3.33. The number of nitrogens with one attached hydrogen (secondary N) is 2. The second-order valence-electron chi connectivity index (χ2n) is 7.03. The molecule has 0 bridgehead atoms. The van der Waals surface area contributed by atoms with Crippen LogP contribution in [-0.4, -0.2) is 18.9 Å². The third kappa shape index (κ3) is 4.35. The molecule has 3 rings (SSSR count). The number of fused-ring (bicyclic) bond motifs is 1. The average Bonchev–Trinajstić information content (AvgIpc) is 2.69. The lowest BCUT2D eigenvalue weighted by atomic mass is 10.0. The van der Waals surface area contributed by atoms with Gasteiger partial charge in [-0.1, -0.05) is 13.3 Å². The Hall–Kier alpha value is -3.61. The number of methoxy groups -OCH3 is 1. The molecule has 1 aromatic heterocycles. The van der Waals surface area contributed by atoms with Gasteiger partial charge >= 0.3 is 5.63 Å². The zero-order chi connectivity index (χ0) is 21.8. The highest BCUT2D eigenvalue weighted by Crippen LogP contribution is 2.29. The Bertz CT molecular complexity index is 1180. The topological polar surface area (TPSA) is 97.6 Å². The third-order valence-corrected chi connectivity index (χ3v) is 4.72. The number of amides is 2. The lowest BCUT2D eigenvalue weighted by Gasteiger charge is -2.12. The molecule has 30 heavy (non-hydrogen) atoms. The fraction of sp³-hybridized carbons (Fsp3) is 0.261. The van der Waals surface area contributed by atoms with Crippen LogP contribution < -0.4 is 21.0 Å². The predicted octanol–water partition coefficient (Wildman–Crippen LogP) is 4.27. The van der Waals surface area contributed by atoms with E-state index in [0.717, 1.165) is 17.5 Å². The van der Waals surface area contributed by atoms with Gasteiger partial charge in [0.25, 0.3) is 5.91 Å². The molecule has 0 unspecified atom stereocenters. The molecule has 0 radical (unpaired) electrons. The molecule has 0 saturated carbocycles. The molecular formula is C23H24N2O5. The molecule has 1 heterocycles. The number of rotatable bonds is 6. The van der Waals surface area contributed by atoms with Gasteiger partial charge in [0.05, 0.1) is 7.11 Å². The monoisotopic (exact) mass is 408 g/mol. The number of carbonyl (C=O) groups excluding carboxylic acids is 2. The average molecular weight is 408 g/mol. The first-order valence-electron chi connectivity index (χ1n) is 9.67. The smallest absolute Gasteiger partial charge is 0.349 e. The van der Waals surface area contributed by atoms with Crippen LogP contribution in [0.4, 0.5) is 11.4 Å². The van der Waals surface area contributed by atoms with Gasteiger partial charge in [-0.25, -0.2) is 4.79 Å². The van der Waals surface area contributed by atoms with Crippen molar-refractivity contribution in [1.29, 1.82) is 0 Å². The first kappa shape index (κ1) is 21.1. The zero-order valence-corrected chi connectivity index (χ0v) is 17.4. The molecule has 3 aromatic rings. The Balaban J connectivity index is 1.95. The largest absolute Gasteiger partial charge is 0.496 e. The van der Waals surface area contributed by atoms with Crippen LogP contribution in [0.2, 0.25) is 0 Å². The molecule has 7 heteroatoms. The summed E-state index contributed by atoms with van der Waals surface area (Å²) in [7, 11) is 1.57. The molecule has 2 amide bonds. The van der Waals surface area contributed by atoms with Crippen molar-refractivity contribution in [3.63, 3.8) is 0 Å². The van der Waals surface area contributed by atoms with Crippen LogP contribution >= 0.6 is 0 Å². The summed E-state index contributed by atoms with van der Waals surface area (Å²) < 4.78 is 10.9. The Morgan fingerprint density at radius 2 is 1.87 bits per heavy atom. The fourth-order valence-corrected chi connectivity index (χ4v) is 3.33. The zero-order valence-electron chi connectivity index (χ0n) is 17.4. The summed E-state index contributed by atoms with van der Waals surface area (Å²) in [5, 5.41) is 6.08. The van der Waals surface area contributed by atoms with E-state index in [9.17, 15) is 14.4 Å². The van der Waals surface area contributed by atoms with Crippen molar-refractivity contribution >= 4 is 34.2 Å². The van der Waals surface area contributed by atoms with Crippen LogP contribution in [0.5, 0.6) is 5.75 Å². The van der Waals surface area contributed by atoms with Crippen LogP contribution in [0.15, 0.2) is 45.6 Å². The van der Waals surface area contributed by atoms with Gasteiger partial charge in [0, 0.05) is 29.2 Å². The maximum absolute atomic E-state index is 12.8. The maximum atomic E-state index is 12.8. The minimum Gasteiger partial charge on any atom is -0.496 e. The highest BCUT2D eigenvalue weighted by molar-refractivity contribution is 6.06. The number of carbonyl (C=O) groups is 2. The van der Waals surface area contributed by atoms with E-state index in [-0.39, 0.29) is 11.5 Å². The quantitative estimate of drug-likeness (QED) is 0.594. The minimum atomic E-state index is -0.710. The standard InChI is InChI=1S/C23H24N2O5/c1-5-6-17-20(29-4)10-7-15-12-18(23(28)30-21(15)17)22(27)25-19-9-8-16(11-13(19)2)24-14(3)26/h7-12H,5-6H2,1-4H3,(H,24,26)(H,25,27). The number of anilines is 2. The molecule has 0 aliphatic heterocycles. The first-order valence-corrected chi connectivity index (χ1v) is 9.67. The van der Waals surface area contributed by atoms with Gasteiger partial charge in [-0.05, 0) is 55.3 Å². The predicted molar refractivity (Wildman–Crippen MR) is 116 cm³/mol. The van der Waals surface area contributed by atoms with Crippen LogP contribution in [0.1, 0.15) is 41.8 Å². The highest BCUT2D eigenvalue weighted by Gasteiger charge is 2.18. The van der Waals surface area contributed by atoms with E-state index < -0.39 is 11.5 Å². The number of aryl methyl sites for hydroxylation is 2. The minimum absolute atomic E-state index is 0.0829. The summed E-state index contributed by atoms with van der Waals surface area (Å²) in [5.41, 5.74) is 2.36. The first-order chi connectivity index (χ1) is 14.3. The van der Waals surface area contributed by atoms with Crippen LogP contribution in [0.25, 0.3) is 11.0 Å². The summed E-state index contributed by atoms with van der Waals surface area (Å²) in [6, 6.07) is 10.2. The summed E-state index contributed by atoms with van der Waals surface area (Å²) in [4.78, 5) is 36.5. The van der Waals surface area contributed by atoms with Gasteiger partial charge in [-0.2, -0.15) is 0 Å². The molecule has 2 aromatic carbocycles. The van der Waals surface area contributed by atoms with Crippen molar-refractivity contribution in [3.05, 3.63) is 63.5 Å². The van der Waals surface area contributed by atoms with Gasteiger partial charge in [-0.3, -0.25) is 9.59 Å². The number of benzene rings is 2. The second kappa shape index (κ2) is 8.82. The molecule has 7 nitrogen and oxygen atoms in total. The normalized spacial score (nSPS) is 10.7. The molecule has 0 aliphatic carbocycles. The molecule has 0 saturated heterocycles. The van der Waals surface area contributed by atoms with Crippen molar-refractivity contribution < 1.29 is 18.7 Å². The summed E-state index contributed by atoms with van der Waals surface area (Å²) >= 11 is 0. The van der Waals surface area contributed by atoms with E-state index in [1.165, 1.54) is 13.0 Å².